The lowest BCUT2D eigenvalue weighted by molar-refractivity contribution is -0.127. The molecule has 2 saturated heterocycles. The summed E-state index contributed by atoms with van der Waals surface area (Å²) in [6.07, 6.45) is 2.55. The standard InChI is InChI=1S/C18H23ClN4O3/c19-13-4-6-15(7-5-13)23-12-14(11-17(23)25)21-18(26)20-8-2-10-22-9-1-3-16(22)24/h4-7,14H,1-3,8-12H2,(H2,20,21,26). The van der Waals surface area contributed by atoms with Crippen molar-refractivity contribution < 1.29 is 14.4 Å². The lowest BCUT2D eigenvalue weighted by Crippen LogP contribution is -2.44. The summed E-state index contributed by atoms with van der Waals surface area (Å²) in [7, 11) is 0. The summed E-state index contributed by atoms with van der Waals surface area (Å²) >= 11 is 5.87. The highest BCUT2D eigenvalue weighted by Gasteiger charge is 2.31. The summed E-state index contributed by atoms with van der Waals surface area (Å²) in [5.41, 5.74) is 0.777. The topological polar surface area (TPSA) is 81.8 Å². The molecule has 2 aliphatic rings. The van der Waals surface area contributed by atoms with Gasteiger partial charge in [-0.25, -0.2) is 4.79 Å². The highest BCUT2D eigenvalue weighted by molar-refractivity contribution is 6.30. The molecule has 7 nitrogen and oxygen atoms in total. The van der Waals surface area contributed by atoms with E-state index in [2.05, 4.69) is 10.6 Å². The number of anilines is 1. The molecule has 0 spiro atoms. The van der Waals surface area contributed by atoms with Crippen LogP contribution in [0.1, 0.15) is 25.7 Å². The second kappa shape index (κ2) is 8.40. The van der Waals surface area contributed by atoms with Crippen molar-refractivity contribution in [2.75, 3.05) is 31.1 Å². The molecule has 1 aromatic rings. The molecule has 1 aromatic carbocycles. The third-order valence-corrected chi connectivity index (χ3v) is 4.91. The number of hydrogen-bond donors (Lipinski definition) is 2. The van der Waals surface area contributed by atoms with E-state index >= 15 is 0 Å². The van der Waals surface area contributed by atoms with Crippen LogP contribution in [0.15, 0.2) is 24.3 Å². The van der Waals surface area contributed by atoms with Gasteiger partial charge in [-0.2, -0.15) is 0 Å². The minimum Gasteiger partial charge on any atom is -0.343 e. The quantitative estimate of drug-likeness (QED) is 0.740. The SMILES string of the molecule is O=C(NCCCN1CCCC1=O)NC1CC(=O)N(c2ccc(Cl)cc2)C1. The van der Waals surface area contributed by atoms with Gasteiger partial charge in [0.05, 0.1) is 6.04 Å². The first kappa shape index (κ1) is 18.5. The van der Waals surface area contributed by atoms with Crippen molar-refractivity contribution in [3.8, 4) is 0 Å². The number of benzene rings is 1. The van der Waals surface area contributed by atoms with Gasteiger partial charge in [0.15, 0.2) is 0 Å². The molecule has 3 rings (SSSR count). The van der Waals surface area contributed by atoms with Crippen LogP contribution in [0, 0.1) is 0 Å². The molecule has 2 fully saturated rings. The number of urea groups is 1. The normalized spacial score (nSPS) is 20.0. The highest BCUT2D eigenvalue weighted by atomic mass is 35.5. The molecule has 2 aliphatic heterocycles. The number of hydrogen-bond acceptors (Lipinski definition) is 3. The summed E-state index contributed by atoms with van der Waals surface area (Å²) in [5.74, 6) is 0.173. The van der Waals surface area contributed by atoms with E-state index in [9.17, 15) is 14.4 Å². The minimum absolute atomic E-state index is 0.0230. The van der Waals surface area contributed by atoms with Gasteiger partial charge >= 0.3 is 6.03 Å². The summed E-state index contributed by atoms with van der Waals surface area (Å²) < 4.78 is 0. The van der Waals surface area contributed by atoms with E-state index in [1.807, 2.05) is 4.90 Å². The fraction of sp³-hybridized carbons (Fsp3) is 0.500. The highest BCUT2D eigenvalue weighted by Crippen LogP contribution is 2.23. The van der Waals surface area contributed by atoms with Crippen molar-refractivity contribution in [1.29, 1.82) is 0 Å². The number of likely N-dealkylation sites (tertiary alicyclic amines) is 1. The zero-order valence-corrected chi connectivity index (χ0v) is 15.3. The van der Waals surface area contributed by atoms with Gasteiger partial charge in [0.25, 0.3) is 0 Å². The summed E-state index contributed by atoms with van der Waals surface area (Å²) in [5, 5.41) is 6.24. The molecule has 0 radical (unpaired) electrons. The monoisotopic (exact) mass is 378 g/mol. The zero-order valence-electron chi connectivity index (χ0n) is 14.5. The third kappa shape index (κ3) is 4.66. The fourth-order valence-corrected chi connectivity index (χ4v) is 3.45. The van der Waals surface area contributed by atoms with E-state index in [0.29, 0.717) is 31.1 Å². The second-order valence-electron chi connectivity index (χ2n) is 6.62. The number of nitrogens with zero attached hydrogens (tertiary/aromatic N) is 2. The first-order valence-electron chi connectivity index (χ1n) is 8.91. The molecule has 26 heavy (non-hydrogen) atoms. The Labute approximate surface area is 157 Å². The Kier molecular flexibility index (Phi) is 5.98. The smallest absolute Gasteiger partial charge is 0.315 e. The Morgan fingerprint density at radius 2 is 1.96 bits per heavy atom. The molecule has 4 amide bonds. The van der Waals surface area contributed by atoms with Crippen molar-refractivity contribution in [2.24, 2.45) is 0 Å². The van der Waals surface area contributed by atoms with E-state index in [-0.39, 0.29) is 30.3 Å². The maximum atomic E-state index is 12.2. The average molecular weight is 379 g/mol. The Morgan fingerprint density at radius 3 is 2.65 bits per heavy atom. The van der Waals surface area contributed by atoms with Crippen LogP contribution in [-0.4, -0.2) is 55.0 Å². The van der Waals surface area contributed by atoms with Gasteiger partial charge in [0, 0.05) is 49.7 Å². The molecule has 0 aromatic heterocycles. The predicted molar refractivity (Wildman–Crippen MR) is 99.2 cm³/mol. The van der Waals surface area contributed by atoms with Gasteiger partial charge in [0.1, 0.15) is 0 Å². The van der Waals surface area contributed by atoms with E-state index in [1.54, 1.807) is 29.2 Å². The van der Waals surface area contributed by atoms with Crippen LogP contribution >= 0.6 is 11.6 Å². The van der Waals surface area contributed by atoms with Crippen LogP contribution in [0.4, 0.5) is 10.5 Å². The van der Waals surface area contributed by atoms with Gasteiger partial charge < -0.3 is 20.4 Å². The zero-order chi connectivity index (χ0) is 18.5. The summed E-state index contributed by atoms with van der Waals surface area (Å²) in [4.78, 5) is 39.2. The van der Waals surface area contributed by atoms with Crippen LogP contribution in [0.25, 0.3) is 0 Å². The molecular formula is C18H23ClN4O3. The number of nitrogens with one attached hydrogen (secondary N) is 2. The number of amides is 4. The molecule has 0 bridgehead atoms. The molecule has 1 unspecified atom stereocenters. The van der Waals surface area contributed by atoms with Gasteiger partial charge in [-0.15, -0.1) is 0 Å². The fourth-order valence-electron chi connectivity index (χ4n) is 3.32. The van der Waals surface area contributed by atoms with E-state index < -0.39 is 0 Å². The molecule has 140 valence electrons. The van der Waals surface area contributed by atoms with Crippen LogP contribution in [0.5, 0.6) is 0 Å². The Bertz CT molecular complexity index is 680. The molecule has 8 heteroatoms. The van der Waals surface area contributed by atoms with Crippen LogP contribution in [0.3, 0.4) is 0 Å². The Balaban J connectivity index is 1.38. The maximum absolute atomic E-state index is 12.2. The molecule has 2 N–H and O–H groups in total. The first-order chi connectivity index (χ1) is 12.5. The predicted octanol–water partition coefficient (Wildman–Crippen LogP) is 1.76. The second-order valence-corrected chi connectivity index (χ2v) is 7.06. The maximum Gasteiger partial charge on any atom is 0.315 e. The molecule has 2 heterocycles. The molecular weight excluding hydrogens is 356 g/mol. The molecule has 0 saturated carbocycles. The largest absolute Gasteiger partial charge is 0.343 e. The van der Waals surface area contributed by atoms with Gasteiger partial charge in [-0.3, -0.25) is 9.59 Å². The van der Waals surface area contributed by atoms with Gasteiger partial charge in [0.2, 0.25) is 11.8 Å². The van der Waals surface area contributed by atoms with Crippen LogP contribution in [0.2, 0.25) is 5.02 Å². The lowest BCUT2D eigenvalue weighted by atomic mass is 10.2. The lowest BCUT2D eigenvalue weighted by Gasteiger charge is -2.18. The Morgan fingerprint density at radius 1 is 1.19 bits per heavy atom. The van der Waals surface area contributed by atoms with Crippen molar-refractivity contribution >= 4 is 35.1 Å². The summed E-state index contributed by atoms with van der Waals surface area (Å²) in [6.45, 7) is 2.43. The molecule has 1 atom stereocenters. The van der Waals surface area contributed by atoms with E-state index in [0.717, 1.165) is 25.1 Å². The Hall–Kier alpha value is -2.28. The number of carbonyl (C=O) groups is 3. The van der Waals surface area contributed by atoms with Gasteiger partial charge in [-0.1, -0.05) is 11.6 Å². The van der Waals surface area contributed by atoms with Crippen molar-refractivity contribution in [3.63, 3.8) is 0 Å². The van der Waals surface area contributed by atoms with Crippen molar-refractivity contribution in [3.05, 3.63) is 29.3 Å². The van der Waals surface area contributed by atoms with E-state index in [1.165, 1.54) is 0 Å². The van der Waals surface area contributed by atoms with Crippen LogP contribution in [-0.2, 0) is 9.59 Å². The molecule has 0 aliphatic carbocycles. The van der Waals surface area contributed by atoms with Crippen molar-refractivity contribution in [2.45, 2.75) is 31.7 Å². The van der Waals surface area contributed by atoms with Gasteiger partial charge in [-0.05, 0) is 37.1 Å². The average Bonchev–Trinajstić information content (AvgIpc) is 3.18. The van der Waals surface area contributed by atoms with Crippen LogP contribution < -0.4 is 15.5 Å². The first-order valence-corrected chi connectivity index (χ1v) is 9.29. The van der Waals surface area contributed by atoms with Crippen molar-refractivity contribution in [1.82, 2.24) is 15.5 Å². The van der Waals surface area contributed by atoms with E-state index in [4.69, 9.17) is 11.6 Å². The number of halogens is 1. The minimum atomic E-state index is -0.284. The third-order valence-electron chi connectivity index (χ3n) is 4.66. The number of rotatable bonds is 6. The number of carbonyl (C=O) groups excluding carboxylic acids is 3. The summed E-state index contributed by atoms with van der Waals surface area (Å²) in [6, 6.07) is 6.56.